The fourth-order valence-electron chi connectivity index (χ4n) is 4.32. The lowest BCUT2D eigenvalue weighted by Crippen LogP contribution is -2.29. The number of nitrogens with one attached hydrogen (secondary N) is 2. The summed E-state index contributed by atoms with van der Waals surface area (Å²) in [6.07, 6.45) is 2.83. The lowest BCUT2D eigenvalue weighted by molar-refractivity contribution is 0.383. The van der Waals surface area contributed by atoms with Gasteiger partial charge in [0.1, 0.15) is 17.6 Å². The molecule has 196 valence electrons. The number of nitrogens with zero attached hydrogens (tertiary/aromatic N) is 2. The molecule has 3 heterocycles. The Bertz CT molecular complexity index is 1560. The summed E-state index contributed by atoms with van der Waals surface area (Å²) in [6.45, 7) is 2.05. The molecule has 8 nitrogen and oxygen atoms in total. The molecule has 2 aromatic carbocycles. The van der Waals surface area contributed by atoms with Crippen LogP contribution in [-0.4, -0.2) is 31.9 Å². The summed E-state index contributed by atoms with van der Waals surface area (Å²) in [6, 6.07) is 22.4. The Morgan fingerprint density at radius 2 is 1.89 bits per heavy atom. The zero-order valence-electron chi connectivity index (χ0n) is 20.9. The van der Waals surface area contributed by atoms with Crippen molar-refractivity contribution >= 4 is 50.5 Å². The SMILES string of the molecule is COc1ccc(N2C(=S)N[C@H](c3ccccn3)[C@@H]2c2ccc(Sc3ccc(C)cc3)o2)cc1NS(C)(=O)=O. The molecule has 0 aliphatic carbocycles. The summed E-state index contributed by atoms with van der Waals surface area (Å²) in [5, 5.41) is 4.60. The fraction of sp³-hybridized carbons (Fsp3) is 0.185. The van der Waals surface area contributed by atoms with Crippen LogP contribution in [0.4, 0.5) is 11.4 Å². The molecule has 0 amide bonds. The molecular formula is C27H26N4O4S3. The number of furan rings is 1. The van der Waals surface area contributed by atoms with Crippen LogP contribution < -0.4 is 19.7 Å². The minimum atomic E-state index is -3.54. The van der Waals surface area contributed by atoms with Gasteiger partial charge in [-0.1, -0.05) is 35.5 Å². The molecule has 2 atom stereocenters. The van der Waals surface area contributed by atoms with E-state index in [4.69, 9.17) is 21.4 Å². The van der Waals surface area contributed by atoms with E-state index in [2.05, 4.69) is 46.2 Å². The van der Waals surface area contributed by atoms with E-state index in [1.165, 1.54) is 24.4 Å². The number of benzene rings is 2. The number of rotatable bonds is 8. The predicted octanol–water partition coefficient (Wildman–Crippen LogP) is 5.69. The van der Waals surface area contributed by atoms with Gasteiger partial charge in [-0.3, -0.25) is 9.71 Å². The van der Waals surface area contributed by atoms with Crippen LogP contribution in [0.2, 0.25) is 0 Å². The third kappa shape index (κ3) is 5.64. The Balaban J connectivity index is 1.55. The number of aromatic nitrogens is 1. The Morgan fingerprint density at radius 1 is 1.11 bits per heavy atom. The number of sulfonamides is 1. The number of thiocarbonyl (C=S) groups is 1. The van der Waals surface area contributed by atoms with E-state index in [1.807, 2.05) is 41.3 Å². The third-order valence-corrected chi connectivity index (χ3v) is 7.82. The molecular weight excluding hydrogens is 541 g/mol. The van der Waals surface area contributed by atoms with E-state index in [9.17, 15) is 8.42 Å². The first kappa shape index (κ1) is 26.1. The van der Waals surface area contributed by atoms with Crippen LogP contribution in [0.5, 0.6) is 5.75 Å². The second kappa shape index (κ2) is 10.7. The summed E-state index contributed by atoms with van der Waals surface area (Å²) in [7, 11) is -2.05. The van der Waals surface area contributed by atoms with Gasteiger partial charge in [-0.2, -0.15) is 0 Å². The zero-order valence-corrected chi connectivity index (χ0v) is 23.4. The summed E-state index contributed by atoms with van der Waals surface area (Å²) < 4.78 is 38.3. The van der Waals surface area contributed by atoms with Gasteiger partial charge < -0.3 is 19.4 Å². The van der Waals surface area contributed by atoms with Crippen molar-refractivity contribution in [3.63, 3.8) is 0 Å². The molecule has 5 rings (SSSR count). The molecule has 0 unspecified atom stereocenters. The standard InChI is InChI=1S/C27H26N4O4S3/c1-17-7-10-19(11-8-17)37-24-14-13-23(35-24)26-25(20-6-4-5-15-28-20)29-27(36)31(26)18-9-12-22(34-2)21(16-18)30-38(3,32)33/h4-16,25-26,30H,1-3H3,(H,29,36)/t25-,26+/m1/s1. The van der Waals surface area contributed by atoms with Crippen LogP contribution in [0.1, 0.15) is 29.1 Å². The second-order valence-electron chi connectivity index (χ2n) is 8.83. The van der Waals surface area contributed by atoms with Crippen molar-refractivity contribution in [2.24, 2.45) is 0 Å². The van der Waals surface area contributed by atoms with Crippen LogP contribution in [0, 0.1) is 6.92 Å². The average molecular weight is 567 g/mol. The first-order valence-corrected chi connectivity index (χ1v) is 14.8. The predicted molar refractivity (Wildman–Crippen MR) is 153 cm³/mol. The maximum Gasteiger partial charge on any atom is 0.229 e. The second-order valence-corrected chi connectivity index (χ2v) is 12.0. The minimum Gasteiger partial charge on any atom is -0.495 e. The number of ether oxygens (including phenoxy) is 1. The van der Waals surface area contributed by atoms with E-state index in [-0.39, 0.29) is 12.1 Å². The molecule has 0 saturated carbocycles. The van der Waals surface area contributed by atoms with Gasteiger partial charge >= 0.3 is 0 Å². The number of methoxy groups -OCH3 is 1. The highest BCUT2D eigenvalue weighted by Gasteiger charge is 2.42. The Labute approximate surface area is 231 Å². The Morgan fingerprint density at radius 3 is 2.58 bits per heavy atom. The number of hydrogen-bond donors (Lipinski definition) is 2. The maximum absolute atomic E-state index is 12.0. The lowest BCUT2D eigenvalue weighted by atomic mass is 10.0. The molecule has 1 aliphatic heterocycles. The Kier molecular flexibility index (Phi) is 7.33. The van der Waals surface area contributed by atoms with E-state index < -0.39 is 10.0 Å². The maximum atomic E-state index is 12.0. The highest BCUT2D eigenvalue weighted by Crippen LogP contribution is 2.44. The molecule has 0 spiro atoms. The van der Waals surface area contributed by atoms with Crippen LogP contribution in [0.25, 0.3) is 0 Å². The van der Waals surface area contributed by atoms with Crippen molar-refractivity contribution < 1.29 is 17.6 Å². The van der Waals surface area contributed by atoms with Crippen LogP contribution >= 0.6 is 24.0 Å². The monoisotopic (exact) mass is 566 g/mol. The zero-order chi connectivity index (χ0) is 26.9. The van der Waals surface area contributed by atoms with Crippen molar-refractivity contribution in [3.05, 3.63) is 96.0 Å². The summed E-state index contributed by atoms with van der Waals surface area (Å²) in [4.78, 5) is 7.56. The Hall–Kier alpha value is -3.54. The minimum absolute atomic E-state index is 0.305. The summed E-state index contributed by atoms with van der Waals surface area (Å²) >= 11 is 7.32. The molecule has 1 fully saturated rings. The van der Waals surface area contributed by atoms with Gasteiger partial charge in [0.2, 0.25) is 10.0 Å². The third-order valence-electron chi connectivity index (χ3n) is 5.99. The number of anilines is 2. The molecule has 2 N–H and O–H groups in total. The normalized spacial score (nSPS) is 17.3. The number of hydrogen-bond acceptors (Lipinski definition) is 7. The van der Waals surface area contributed by atoms with Crippen LogP contribution in [0.3, 0.4) is 0 Å². The smallest absolute Gasteiger partial charge is 0.229 e. The first-order valence-electron chi connectivity index (χ1n) is 11.7. The van der Waals surface area contributed by atoms with Crippen molar-refractivity contribution in [2.75, 3.05) is 23.0 Å². The van der Waals surface area contributed by atoms with Gasteiger partial charge in [-0.25, -0.2) is 8.42 Å². The summed E-state index contributed by atoms with van der Waals surface area (Å²) in [5.41, 5.74) is 2.97. The molecule has 4 aromatic rings. The van der Waals surface area contributed by atoms with E-state index in [0.29, 0.717) is 28.0 Å². The summed E-state index contributed by atoms with van der Waals surface area (Å²) in [5.74, 6) is 1.08. The highest BCUT2D eigenvalue weighted by atomic mass is 32.2. The molecule has 1 saturated heterocycles. The van der Waals surface area contributed by atoms with Crippen LogP contribution in [0.15, 0.2) is 93.4 Å². The quantitative estimate of drug-likeness (QED) is 0.261. The molecule has 11 heteroatoms. The van der Waals surface area contributed by atoms with Crippen LogP contribution in [-0.2, 0) is 10.0 Å². The van der Waals surface area contributed by atoms with Crippen molar-refractivity contribution in [3.8, 4) is 5.75 Å². The van der Waals surface area contributed by atoms with Gasteiger partial charge in [0.25, 0.3) is 0 Å². The van der Waals surface area contributed by atoms with Gasteiger partial charge in [0, 0.05) is 16.8 Å². The van der Waals surface area contributed by atoms with E-state index in [1.54, 1.807) is 18.3 Å². The largest absolute Gasteiger partial charge is 0.495 e. The molecule has 1 aliphatic rings. The van der Waals surface area contributed by atoms with Gasteiger partial charge in [0.15, 0.2) is 10.2 Å². The number of aryl methyl sites for hydroxylation is 1. The number of pyridine rings is 1. The van der Waals surface area contributed by atoms with E-state index in [0.717, 1.165) is 21.9 Å². The highest BCUT2D eigenvalue weighted by molar-refractivity contribution is 7.99. The fourth-order valence-corrected chi connectivity index (χ4v) is 6.00. The molecule has 0 radical (unpaired) electrons. The molecule has 2 aromatic heterocycles. The topological polar surface area (TPSA) is 96.7 Å². The van der Waals surface area contributed by atoms with Gasteiger partial charge in [-0.05, 0) is 73.7 Å². The lowest BCUT2D eigenvalue weighted by Gasteiger charge is -2.27. The van der Waals surface area contributed by atoms with Crippen molar-refractivity contribution in [1.82, 2.24) is 10.3 Å². The molecule has 0 bridgehead atoms. The first-order chi connectivity index (χ1) is 18.2. The van der Waals surface area contributed by atoms with Gasteiger partial charge in [0.05, 0.1) is 30.8 Å². The van der Waals surface area contributed by atoms with Crippen molar-refractivity contribution in [1.29, 1.82) is 0 Å². The van der Waals surface area contributed by atoms with Crippen molar-refractivity contribution in [2.45, 2.75) is 29.0 Å². The van der Waals surface area contributed by atoms with Gasteiger partial charge in [-0.15, -0.1) is 0 Å². The van der Waals surface area contributed by atoms with E-state index >= 15 is 0 Å². The average Bonchev–Trinajstić information content (AvgIpc) is 3.49. The molecule has 38 heavy (non-hydrogen) atoms.